The predicted octanol–water partition coefficient (Wildman–Crippen LogP) is 2.87. The Hall–Kier alpha value is -3.08. The zero-order valence-electron chi connectivity index (χ0n) is 17.7. The first-order valence-corrected chi connectivity index (χ1v) is 12.3. The molecular weight excluding hydrogens is 448 g/mol. The van der Waals surface area contributed by atoms with Crippen molar-refractivity contribution in [2.75, 3.05) is 0 Å². The van der Waals surface area contributed by atoms with Gasteiger partial charge in [-0.2, -0.15) is 4.72 Å². The third kappa shape index (κ3) is 4.16. The fourth-order valence-corrected chi connectivity index (χ4v) is 5.46. The van der Waals surface area contributed by atoms with Crippen LogP contribution in [0.5, 0.6) is 0 Å². The van der Waals surface area contributed by atoms with Crippen LogP contribution in [0.1, 0.15) is 41.8 Å². The Bertz CT molecular complexity index is 1490. The van der Waals surface area contributed by atoms with E-state index in [4.69, 9.17) is 0 Å². The van der Waals surface area contributed by atoms with Crippen LogP contribution in [0.4, 0.5) is 0 Å². The Labute approximate surface area is 188 Å². The van der Waals surface area contributed by atoms with Crippen molar-refractivity contribution in [2.24, 2.45) is 7.05 Å². The fraction of sp³-hybridized carbons (Fsp3) is 0.227. The molecule has 0 aliphatic carbocycles. The lowest BCUT2D eigenvalue weighted by Gasteiger charge is -2.19. The monoisotopic (exact) mass is 470 g/mol. The van der Waals surface area contributed by atoms with Crippen molar-refractivity contribution in [3.8, 4) is 0 Å². The number of fused-ring (bicyclic) bond motifs is 1. The minimum absolute atomic E-state index is 0.0175. The van der Waals surface area contributed by atoms with E-state index in [0.717, 1.165) is 26.8 Å². The van der Waals surface area contributed by atoms with E-state index in [2.05, 4.69) is 28.5 Å². The van der Waals surface area contributed by atoms with Crippen LogP contribution >= 0.6 is 11.3 Å². The summed E-state index contributed by atoms with van der Waals surface area (Å²) in [5.41, 5.74) is 0.759. The van der Waals surface area contributed by atoms with Crippen molar-refractivity contribution in [2.45, 2.75) is 30.7 Å². The number of sulfonamides is 1. The number of rotatable bonds is 6. The largest absolute Gasteiger partial charge is 0.329 e. The summed E-state index contributed by atoms with van der Waals surface area (Å²) in [6, 6.07) is 12.2. The van der Waals surface area contributed by atoms with Gasteiger partial charge in [-0.05, 0) is 34.6 Å². The molecule has 4 rings (SSSR count). The molecule has 0 spiro atoms. The Morgan fingerprint density at radius 3 is 2.41 bits per heavy atom. The van der Waals surface area contributed by atoms with E-state index in [9.17, 15) is 18.0 Å². The quantitative estimate of drug-likeness (QED) is 0.450. The maximum absolute atomic E-state index is 13.3. The number of thiophene rings is 1. The fourth-order valence-electron chi connectivity index (χ4n) is 3.41. The molecule has 32 heavy (non-hydrogen) atoms. The first-order valence-electron chi connectivity index (χ1n) is 9.92. The molecule has 0 fully saturated rings. The van der Waals surface area contributed by atoms with Gasteiger partial charge in [-0.25, -0.2) is 18.2 Å². The predicted molar refractivity (Wildman–Crippen MR) is 125 cm³/mol. The van der Waals surface area contributed by atoms with Crippen LogP contribution in [0, 0.1) is 0 Å². The molecule has 2 N–H and O–H groups in total. The second kappa shape index (κ2) is 8.45. The highest BCUT2D eigenvalue weighted by molar-refractivity contribution is 7.89. The second-order valence-electron chi connectivity index (χ2n) is 7.75. The third-order valence-corrected chi connectivity index (χ3v) is 7.60. The van der Waals surface area contributed by atoms with Gasteiger partial charge in [0.05, 0.1) is 11.4 Å². The summed E-state index contributed by atoms with van der Waals surface area (Å²) in [6.45, 7) is 4.19. The Kier molecular flexibility index (Phi) is 5.85. The van der Waals surface area contributed by atoms with Gasteiger partial charge in [-0.1, -0.05) is 44.2 Å². The van der Waals surface area contributed by atoms with Gasteiger partial charge < -0.3 is 0 Å². The second-order valence-corrected chi connectivity index (χ2v) is 10.4. The maximum Gasteiger partial charge on any atom is 0.329 e. The molecule has 1 aromatic carbocycles. The highest BCUT2D eigenvalue weighted by Crippen LogP contribution is 2.29. The van der Waals surface area contributed by atoms with Crippen LogP contribution in [0.2, 0.25) is 0 Å². The molecular formula is C22H22N4O4S2. The molecule has 0 bridgehead atoms. The number of aromatic nitrogens is 3. The summed E-state index contributed by atoms with van der Waals surface area (Å²) < 4.78 is 30.4. The topological polar surface area (TPSA) is 114 Å². The van der Waals surface area contributed by atoms with Crippen LogP contribution < -0.4 is 16.0 Å². The highest BCUT2D eigenvalue weighted by Gasteiger charge is 2.25. The van der Waals surface area contributed by atoms with Crippen molar-refractivity contribution in [1.29, 1.82) is 0 Å². The number of H-pyrrole nitrogens is 1. The van der Waals surface area contributed by atoms with Crippen molar-refractivity contribution in [3.63, 3.8) is 0 Å². The van der Waals surface area contributed by atoms with Gasteiger partial charge in [0.15, 0.2) is 0 Å². The summed E-state index contributed by atoms with van der Waals surface area (Å²) in [5, 5.41) is 1.90. The van der Waals surface area contributed by atoms with Crippen molar-refractivity contribution < 1.29 is 8.42 Å². The molecule has 3 heterocycles. The van der Waals surface area contributed by atoms with Crippen molar-refractivity contribution in [3.05, 3.63) is 90.9 Å². The van der Waals surface area contributed by atoms with Gasteiger partial charge in [0, 0.05) is 18.1 Å². The summed E-state index contributed by atoms with van der Waals surface area (Å²) >= 11 is 1.45. The lowest BCUT2D eigenvalue weighted by molar-refractivity contribution is 0.573. The SMILES string of the molecule is CC(C)c1ccc(C(NS(=O)(=O)c2cnc3c(c2)c(=O)[nH]c(=O)n3C)c2cccs2)cc1. The molecule has 0 amide bonds. The molecule has 0 aliphatic rings. The molecule has 8 nitrogen and oxygen atoms in total. The molecule has 1 unspecified atom stereocenters. The normalized spacial score (nSPS) is 13.0. The van der Waals surface area contributed by atoms with Crippen molar-refractivity contribution >= 4 is 32.4 Å². The number of nitrogens with one attached hydrogen (secondary N) is 2. The smallest absolute Gasteiger partial charge is 0.281 e. The standard InChI is InChI=1S/C22H22N4O4S2/c1-13(2)14-6-8-15(9-7-14)19(18-5-4-10-31-18)25-32(29,30)16-11-17-20(23-12-16)26(3)22(28)24-21(17)27/h4-13,19,25H,1-3H3,(H,24,27,28). The lowest BCUT2D eigenvalue weighted by Crippen LogP contribution is -2.31. The molecule has 0 aliphatic heterocycles. The van der Waals surface area contributed by atoms with Gasteiger partial charge in [0.25, 0.3) is 5.56 Å². The minimum atomic E-state index is -4.04. The van der Waals surface area contributed by atoms with E-state index in [1.807, 2.05) is 41.8 Å². The van der Waals surface area contributed by atoms with Gasteiger partial charge >= 0.3 is 5.69 Å². The minimum Gasteiger partial charge on any atom is -0.281 e. The molecule has 0 saturated carbocycles. The molecule has 4 aromatic rings. The maximum atomic E-state index is 13.3. The molecule has 3 aromatic heterocycles. The van der Waals surface area contributed by atoms with Gasteiger partial charge in [0.1, 0.15) is 10.5 Å². The van der Waals surface area contributed by atoms with E-state index >= 15 is 0 Å². The summed E-state index contributed by atoms with van der Waals surface area (Å²) in [4.78, 5) is 30.9. The average Bonchev–Trinajstić information content (AvgIpc) is 3.30. The number of hydrogen-bond acceptors (Lipinski definition) is 6. The highest BCUT2D eigenvalue weighted by atomic mass is 32.2. The zero-order chi connectivity index (χ0) is 23.0. The van der Waals surface area contributed by atoms with Crippen LogP contribution in [-0.4, -0.2) is 23.0 Å². The summed E-state index contributed by atoms with van der Waals surface area (Å²) in [5.74, 6) is 0.360. The van der Waals surface area contributed by atoms with E-state index in [1.165, 1.54) is 24.5 Å². The van der Waals surface area contributed by atoms with E-state index in [0.29, 0.717) is 5.92 Å². The number of aryl methyl sites for hydroxylation is 1. The van der Waals surface area contributed by atoms with Gasteiger partial charge in [-0.3, -0.25) is 14.3 Å². The van der Waals surface area contributed by atoms with E-state index in [1.54, 1.807) is 0 Å². The summed E-state index contributed by atoms with van der Waals surface area (Å²) in [6.07, 6.45) is 1.15. The Morgan fingerprint density at radius 2 is 1.78 bits per heavy atom. The molecule has 0 saturated heterocycles. The first-order chi connectivity index (χ1) is 15.2. The zero-order valence-corrected chi connectivity index (χ0v) is 19.3. The van der Waals surface area contributed by atoms with E-state index < -0.39 is 27.3 Å². The number of aromatic amines is 1. The molecule has 10 heteroatoms. The van der Waals surface area contributed by atoms with E-state index in [-0.39, 0.29) is 15.9 Å². The number of nitrogens with zero attached hydrogens (tertiary/aromatic N) is 2. The Morgan fingerprint density at radius 1 is 1.09 bits per heavy atom. The average molecular weight is 471 g/mol. The summed E-state index contributed by atoms with van der Waals surface area (Å²) in [7, 11) is -2.59. The Balaban J connectivity index is 1.76. The van der Waals surface area contributed by atoms with Crippen LogP contribution in [0.25, 0.3) is 11.0 Å². The molecule has 1 atom stereocenters. The molecule has 166 valence electrons. The van der Waals surface area contributed by atoms with Gasteiger partial charge in [0.2, 0.25) is 10.0 Å². The number of hydrogen-bond donors (Lipinski definition) is 2. The number of pyridine rings is 1. The number of benzene rings is 1. The van der Waals surface area contributed by atoms with Crippen molar-refractivity contribution in [1.82, 2.24) is 19.3 Å². The lowest BCUT2D eigenvalue weighted by atomic mass is 9.99. The molecule has 0 radical (unpaired) electrons. The van der Waals surface area contributed by atoms with Crippen LogP contribution in [0.3, 0.4) is 0 Å². The first kappa shape index (κ1) is 22.1. The van der Waals surface area contributed by atoms with Crippen LogP contribution in [0.15, 0.2) is 68.5 Å². The third-order valence-electron chi connectivity index (χ3n) is 5.28. The van der Waals surface area contributed by atoms with Crippen LogP contribution in [-0.2, 0) is 17.1 Å². The van der Waals surface area contributed by atoms with Gasteiger partial charge in [-0.15, -0.1) is 11.3 Å².